The number of carbonyl (C=O) groups is 1. The molecule has 0 N–H and O–H groups in total. The topological polar surface area (TPSA) is 79.1 Å². The molecule has 0 bridgehead atoms. The van der Waals surface area contributed by atoms with Gasteiger partial charge in [0.05, 0.1) is 28.5 Å². The van der Waals surface area contributed by atoms with E-state index in [1.165, 1.54) is 16.9 Å². The monoisotopic (exact) mass is 582 g/mol. The number of rotatable bonds is 10. The number of esters is 1. The first-order chi connectivity index (χ1) is 20.4. The Hall–Kier alpha value is -4.27. The van der Waals surface area contributed by atoms with Crippen molar-refractivity contribution < 1.29 is 19.0 Å². The van der Waals surface area contributed by atoms with Crippen LogP contribution in [-0.4, -0.2) is 30.9 Å². The van der Waals surface area contributed by atoms with E-state index in [0.29, 0.717) is 38.9 Å². The van der Waals surface area contributed by atoms with Crippen LogP contribution in [0.2, 0.25) is 0 Å². The zero-order valence-corrected chi connectivity index (χ0v) is 25.0. The average molecular weight is 583 g/mol. The summed E-state index contributed by atoms with van der Waals surface area (Å²) in [6, 6.07) is 24.9. The second kappa shape index (κ2) is 13.1. The van der Waals surface area contributed by atoms with Crippen molar-refractivity contribution in [3.05, 3.63) is 132 Å². The first kappa shape index (κ1) is 29.2. The van der Waals surface area contributed by atoms with Gasteiger partial charge in [-0.2, -0.15) is 0 Å². The molecule has 1 aromatic heterocycles. The van der Waals surface area contributed by atoms with Gasteiger partial charge in [-0.3, -0.25) is 9.36 Å². The van der Waals surface area contributed by atoms with Crippen LogP contribution in [0.1, 0.15) is 55.0 Å². The summed E-state index contributed by atoms with van der Waals surface area (Å²) in [5.74, 6) is 0.507. The molecule has 1 aliphatic rings. The summed E-state index contributed by atoms with van der Waals surface area (Å²) in [5, 5.41) is 0. The molecule has 8 heteroatoms. The van der Waals surface area contributed by atoms with E-state index in [2.05, 4.69) is 13.8 Å². The number of fused-ring (bicyclic) bond motifs is 1. The minimum absolute atomic E-state index is 0.106. The smallest absolute Gasteiger partial charge is 0.338 e. The SMILES string of the molecule is COCCOC(=O)C1=C(C)N=c2sc(=Cc3ccccc3OCc3ccccc3)c(=O)n2C1c1ccc(C(C)C)cc1. The van der Waals surface area contributed by atoms with Crippen molar-refractivity contribution in [1.29, 1.82) is 0 Å². The van der Waals surface area contributed by atoms with Crippen molar-refractivity contribution in [3.8, 4) is 5.75 Å². The number of carbonyl (C=O) groups excluding carboxylic acids is 1. The van der Waals surface area contributed by atoms with Gasteiger partial charge < -0.3 is 14.2 Å². The van der Waals surface area contributed by atoms with Gasteiger partial charge in [0, 0.05) is 12.7 Å². The Balaban J connectivity index is 1.58. The molecule has 0 saturated heterocycles. The number of allylic oxidation sites excluding steroid dienone is 1. The maximum absolute atomic E-state index is 14.0. The highest BCUT2D eigenvalue weighted by Gasteiger charge is 2.33. The molecule has 216 valence electrons. The first-order valence-corrected chi connectivity index (χ1v) is 14.7. The van der Waals surface area contributed by atoms with Crippen molar-refractivity contribution in [1.82, 2.24) is 4.57 Å². The summed E-state index contributed by atoms with van der Waals surface area (Å²) < 4.78 is 18.8. The van der Waals surface area contributed by atoms with Gasteiger partial charge >= 0.3 is 5.97 Å². The molecule has 2 heterocycles. The number of benzene rings is 3. The fourth-order valence-electron chi connectivity index (χ4n) is 4.86. The van der Waals surface area contributed by atoms with E-state index in [0.717, 1.165) is 16.7 Å². The number of ether oxygens (including phenoxy) is 3. The predicted molar refractivity (Wildman–Crippen MR) is 164 cm³/mol. The molecule has 3 aromatic carbocycles. The minimum Gasteiger partial charge on any atom is -0.488 e. The van der Waals surface area contributed by atoms with Gasteiger partial charge in [0.15, 0.2) is 4.80 Å². The quantitative estimate of drug-likeness (QED) is 0.191. The summed E-state index contributed by atoms with van der Waals surface area (Å²) in [4.78, 5) is 32.6. The summed E-state index contributed by atoms with van der Waals surface area (Å²) in [7, 11) is 1.55. The second-order valence-electron chi connectivity index (χ2n) is 10.3. The van der Waals surface area contributed by atoms with Crippen molar-refractivity contribution in [2.24, 2.45) is 4.99 Å². The maximum Gasteiger partial charge on any atom is 0.338 e. The van der Waals surface area contributed by atoms with Crippen molar-refractivity contribution >= 4 is 23.4 Å². The van der Waals surface area contributed by atoms with E-state index in [9.17, 15) is 9.59 Å². The normalized spacial score (nSPS) is 15.0. The summed E-state index contributed by atoms with van der Waals surface area (Å²) >= 11 is 1.29. The summed E-state index contributed by atoms with van der Waals surface area (Å²) in [6.45, 7) is 6.83. The molecule has 0 spiro atoms. The van der Waals surface area contributed by atoms with Crippen LogP contribution in [0, 0.1) is 0 Å². The largest absolute Gasteiger partial charge is 0.488 e. The van der Waals surface area contributed by atoms with E-state index in [4.69, 9.17) is 19.2 Å². The molecule has 0 saturated carbocycles. The number of para-hydroxylation sites is 1. The molecular formula is C34H34N2O5S. The van der Waals surface area contributed by atoms with Crippen LogP contribution in [-0.2, 0) is 20.9 Å². The molecule has 1 atom stereocenters. The molecule has 42 heavy (non-hydrogen) atoms. The molecule has 5 rings (SSSR count). The van der Waals surface area contributed by atoms with Gasteiger partial charge in [0.1, 0.15) is 19.0 Å². The van der Waals surface area contributed by atoms with Crippen LogP contribution >= 0.6 is 11.3 Å². The van der Waals surface area contributed by atoms with Crippen molar-refractivity contribution in [2.45, 2.75) is 39.3 Å². The third-order valence-electron chi connectivity index (χ3n) is 7.12. The lowest BCUT2D eigenvalue weighted by atomic mass is 9.93. The van der Waals surface area contributed by atoms with Crippen LogP contribution < -0.4 is 19.6 Å². The van der Waals surface area contributed by atoms with E-state index >= 15 is 0 Å². The summed E-state index contributed by atoms with van der Waals surface area (Å²) in [6.07, 6.45) is 1.83. The van der Waals surface area contributed by atoms with Gasteiger partial charge in [-0.05, 0) is 41.7 Å². The third kappa shape index (κ3) is 6.30. The molecule has 0 radical (unpaired) electrons. The standard InChI is InChI=1S/C34H34N2O5S/c1-22(2)25-14-16-26(17-15-25)31-30(33(38)40-19-18-39-4)23(3)35-34-36(31)32(37)29(42-34)20-27-12-8-9-13-28(27)41-21-24-10-6-5-7-11-24/h5-17,20,22,31H,18-19,21H2,1-4H3. The lowest BCUT2D eigenvalue weighted by Gasteiger charge is -2.25. The van der Waals surface area contributed by atoms with E-state index in [1.54, 1.807) is 18.6 Å². The lowest BCUT2D eigenvalue weighted by molar-refractivity contribution is -0.140. The molecule has 7 nitrogen and oxygen atoms in total. The van der Waals surface area contributed by atoms with Crippen LogP contribution in [0.5, 0.6) is 5.75 Å². The predicted octanol–water partition coefficient (Wildman–Crippen LogP) is 5.13. The van der Waals surface area contributed by atoms with Crippen molar-refractivity contribution in [3.63, 3.8) is 0 Å². The molecule has 1 aliphatic heterocycles. The van der Waals surface area contributed by atoms with Gasteiger partial charge in [-0.1, -0.05) is 98.0 Å². The van der Waals surface area contributed by atoms with Gasteiger partial charge in [0.25, 0.3) is 5.56 Å². The van der Waals surface area contributed by atoms with E-state index in [-0.39, 0.29) is 18.8 Å². The Bertz CT molecular complexity index is 1770. The van der Waals surface area contributed by atoms with Crippen LogP contribution in [0.4, 0.5) is 0 Å². The van der Waals surface area contributed by atoms with Gasteiger partial charge in [-0.15, -0.1) is 0 Å². The molecule has 1 unspecified atom stereocenters. The van der Waals surface area contributed by atoms with E-state index < -0.39 is 12.0 Å². The first-order valence-electron chi connectivity index (χ1n) is 13.9. The maximum atomic E-state index is 14.0. The number of thiazole rings is 1. The molecular weight excluding hydrogens is 548 g/mol. The van der Waals surface area contributed by atoms with Crippen LogP contribution in [0.25, 0.3) is 6.08 Å². The highest BCUT2D eigenvalue weighted by atomic mass is 32.1. The zero-order valence-electron chi connectivity index (χ0n) is 24.2. The Morgan fingerprint density at radius 1 is 1.00 bits per heavy atom. The Morgan fingerprint density at radius 3 is 2.43 bits per heavy atom. The Labute approximate surface area is 249 Å². The fraction of sp³-hybridized carbons (Fsp3) is 0.265. The van der Waals surface area contributed by atoms with Crippen LogP contribution in [0.15, 0.2) is 99.9 Å². The Kier molecular flexibility index (Phi) is 9.15. The van der Waals surface area contributed by atoms with Crippen molar-refractivity contribution in [2.75, 3.05) is 20.3 Å². The number of methoxy groups -OCH3 is 1. The Morgan fingerprint density at radius 2 is 1.71 bits per heavy atom. The molecule has 0 fully saturated rings. The number of aromatic nitrogens is 1. The number of hydrogen-bond donors (Lipinski definition) is 0. The third-order valence-corrected chi connectivity index (χ3v) is 8.11. The number of nitrogens with zero attached hydrogens (tertiary/aromatic N) is 2. The summed E-state index contributed by atoms with van der Waals surface area (Å²) in [5.41, 5.74) is 4.45. The molecule has 0 amide bonds. The molecule has 0 aliphatic carbocycles. The van der Waals surface area contributed by atoms with Gasteiger partial charge in [-0.25, -0.2) is 9.79 Å². The van der Waals surface area contributed by atoms with Gasteiger partial charge in [0.2, 0.25) is 0 Å². The van der Waals surface area contributed by atoms with Crippen LogP contribution in [0.3, 0.4) is 0 Å². The second-order valence-corrected chi connectivity index (χ2v) is 11.4. The van der Waals surface area contributed by atoms with E-state index in [1.807, 2.05) is 84.9 Å². The average Bonchev–Trinajstić information content (AvgIpc) is 3.30. The number of hydrogen-bond acceptors (Lipinski definition) is 7. The minimum atomic E-state index is -0.677. The lowest BCUT2D eigenvalue weighted by Crippen LogP contribution is -2.40. The highest BCUT2D eigenvalue weighted by Crippen LogP contribution is 2.31. The fourth-order valence-corrected chi connectivity index (χ4v) is 5.90. The molecule has 4 aromatic rings. The zero-order chi connectivity index (χ0) is 29.6. The highest BCUT2D eigenvalue weighted by molar-refractivity contribution is 7.07.